The van der Waals surface area contributed by atoms with E-state index in [1.165, 1.54) is 0 Å². The topological polar surface area (TPSA) is 23.8 Å². The van der Waals surface area contributed by atoms with Gasteiger partial charge in [-0.25, -0.2) is 0 Å². The van der Waals surface area contributed by atoms with E-state index >= 15 is 0 Å². The molecule has 1 aromatic rings. The lowest BCUT2D eigenvalue weighted by molar-refractivity contribution is 0.672. The SMILES string of the molecule is CCC(C#N)(CC)Sc1ccc(Cl)cc1. The van der Waals surface area contributed by atoms with Crippen LogP contribution in [-0.2, 0) is 0 Å². The maximum absolute atomic E-state index is 9.20. The van der Waals surface area contributed by atoms with Gasteiger partial charge in [-0.2, -0.15) is 5.26 Å². The molecule has 0 aliphatic heterocycles. The van der Waals surface area contributed by atoms with Gasteiger partial charge in [0.25, 0.3) is 0 Å². The van der Waals surface area contributed by atoms with Crippen molar-refractivity contribution >= 4 is 23.4 Å². The molecule has 0 amide bonds. The Bertz CT molecular complexity index is 349. The molecule has 3 heteroatoms. The largest absolute Gasteiger partial charge is 0.197 e. The molecule has 0 bridgehead atoms. The predicted octanol–water partition coefficient (Wildman–Crippen LogP) is 4.51. The Morgan fingerprint density at radius 1 is 1.27 bits per heavy atom. The second-order valence-corrected chi connectivity index (χ2v) is 5.26. The quantitative estimate of drug-likeness (QED) is 0.722. The Balaban J connectivity index is 2.84. The molecular formula is C12H14ClNS. The minimum absolute atomic E-state index is 0.298. The monoisotopic (exact) mass is 239 g/mol. The van der Waals surface area contributed by atoms with Crippen LogP contribution in [0.1, 0.15) is 26.7 Å². The van der Waals surface area contributed by atoms with E-state index in [1.807, 2.05) is 24.3 Å². The lowest BCUT2D eigenvalue weighted by Crippen LogP contribution is -2.19. The number of nitriles is 1. The second kappa shape index (κ2) is 5.44. The number of thioether (sulfide) groups is 1. The van der Waals surface area contributed by atoms with Gasteiger partial charge in [-0.1, -0.05) is 25.4 Å². The Morgan fingerprint density at radius 3 is 2.20 bits per heavy atom. The molecule has 0 fully saturated rings. The van der Waals surface area contributed by atoms with E-state index in [4.69, 9.17) is 11.6 Å². The second-order valence-electron chi connectivity index (χ2n) is 3.37. The van der Waals surface area contributed by atoms with Crippen molar-refractivity contribution in [2.45, 2.75) is 36.3 Å². The highest BCUT2D eigenvalue weighted by Crippen LogP contribution is 2.37. The Kier molecular flexibility index (Phi) is 4.50. The first-order valence-electron chi connectivity index (χ1n) is 5.01. The van der Waals surface area contributed by atoms with Crippen LogP contribution in [-0.4, -0.2) is 4.75 Å². The molecule has 0 heterocycles. The van der Waals surface area contributed by atoms with Gasteiger partial charge in [0.2, 0.25) is 0 Å². The van der Waals surface area contributed by atoms with Gasteiger partial charge in [0.1, 0.15) is 4.75 Å². The predicted molar refractivity (Wildman–Crippen MR) is 66.2 cm³/mol. The summed E-state index contributed by atoms with van der Waals surface area (Å²) < 4.78 is -0.298. The summed E-state index contributed by atoms with van der Waals surface area (Å²) in [5.74, 6) is 0. The Morgan fingerprint density at radius 2 is 1.80 bits per heavy atom. The third-order valence-electron chi connectivity index (χ3n) is 2.47. The normalized spacial score (nSPS) is 11.1. The van der Waals surface area contributed by atoms with E-state index in [1.54, 1.807) is 11.8 Å². The molecule has 15 heavy (non-hydrogen) atoms. The lowest BCUT2D eigenvalue weighted by Gasteiger charge is -2.22. The molecule has 0 aliphatic rings. The Hall–Kier alpha value is -0.650. The molecule has 1 aromatic carbocycles. The number of nitrogens with zero attached hydrogens (tertiary/aromatic N) is 1. The minimum Gasteiger partial charge on any atom is -0.197 e. The number of halogens is 1. The average Bonchev–Trinajstić information content (AvgIpc) is 2.29. The summed E-state index contributed by atoms with van der Waals surface area (Å²) in [4.78, 5) is 1.10. The van der Waals surface area contributed by atoms with Crippen LogP contribution in [0.15, 0.2) is 29.2 Å². The van der Waals surface area contributed by atoms with E-state index in [-0.39, 0.29) is 4.75 Å². The summed E-state index contributed by atoms with van der Waals surface area (Å²) in [5, 5.41) is 9.93. The zero-order chi connectivity index (χ0) is 11.3. The summed E-state index contributed by atoms with van der Waals surface area (Å²) >= 11 is 7.44. The van der Waals surface area contributed by atoms with Crippen molar-refractivity contribution in [3.8, 4) is 6.07 Å². The third-order valence-corrected chi connectivity index (χ3v) is 4.29. The van der Waals surface area contributed by atoms with E-state index < -0.39 is 0 Å². The van der Waals surface area contributed by atoms with Crippen LogP contribution in [0.3, 0.4) is 0 Å². The zero-order valence-electron chi connectivity index (χ0n) is 8.96. The average molecular weight is 240 g/mol. The number of benzene rings is 1. The molecule has 0 N–H and O–H groups in total. The summed E-state index contributed by atoms with van der Waals surface area (Å²) in [5.41, 5.74) is 0. The van der Waals surface area contributed by atoms with Crippen molar-refractivity contribution in [1.29, 1.82) is 5.26 Å². The highest BCUT2D eigenvalue weighted by atomic mass is 35.5. The van der Waals surface area contributed by atoms with Gasteiger partial charge in [0.15, 0.2) is 0 Å². The summed E-state index contributed by atoms with van der Waals surface area (Å²) in [6.07, 6.45) is 1.71. The van der Waals surface area contributed by atoms with E-state index in [0.717, 1.165) is 22.8 Å². The van der Waals surface area contributed by atoms with Crippen molar-refractivity contribution in [2.24, 2.45) is 0 Å². The molecule has 0 spiro atoms. The van der Waals surface area contributed by atoms with Gasteiger partial charge in [-0.15, -0.1) is 11.8 Å². The fraction of sp³-hybridized carbons (Fsp3) is 0.417. The number of rotatable bonds is 4. The minimum atomic E-state index is -0.298. The van der Waals surface area contributed by atoms with Crippen LogP contribution in [0.2, 0.25) is 5.02 Å². The molecule has 1 rings (SSSR count). The van der Waals surface area contributed by atoms with Crippen LogP contribution < -0.4 is 0 Å². The first-order valence-corrected chi connectivity index (χ1v) is 6.21. The first-order chi connectivity index (χ1) is 7.15. The fourth-order valence-electron chi connectivity index (χ4n) is 1.30. The summed E-state index contributed by atoms with van der Waals surface area (Å²) in [6.45, 7) is 4.10. The summed E-state index contributed by atoms with van der Waals surface area (Å²) in [7, 11) is 0. The molecule has 80 valence electrons. The molecule has 1 nitrogen and oxygen atoms in total. The maximum atomic E-state index is 9.20. The molecule has 0 aromatic heterocycles. The number of hydrogen-bond donors (Lipinski definition) is 0. The molecule has 0 saturated carbocycles. The standard InChI is InChI=1S/C12H14ClNS/c1-3-12(4-2,9-14)15-11-7-5-10(13)6-8-11/h5-8H,3-4H2,1-2H3. The molecule has 0 radical (unpaired) electrons. The highest BCUT2D eigenvalue weighted by Gasteiger charge is 2.26. The van der Waals surface area contributed by atoms with Gasteiger partial charge < -0.3 is 0 Å². The molecule has 0 unspecified atom stereocenters. The van der Waals surface area contributed by atoms with Crippen molar-refractivity contribution in [2.75, 3.05) is 0 Å². The van der Waals surface area contributed by atoms with Crippen molar-refractivity contribution in [1.82, 2.24) is 0 Å². The van der Waals surface area contributed by atoms with Crippen LogP contribution in [0.4, 0.5) is 0 Å². The van der Waals surface area contributed by atoms with E-state index in [9.17, 15) is 5.26 Å². The van der Waals surface area contributed by atoms with Crippen molar-refractivity contribution < 1.29 is 0 Å². The number of hydrogen-bond acceptors (Lipinski definition) is 2. The zero-order valence-corrected chi connectivity index (χ0v) is 10.5. The fourth-order valence-corrected chi connectivity index (χ4v) is 2.49. The van der Waals surface area contributed by atoms with Crippen molar-refractivity contribution in [3.05, 3.63) is 29.3 Å². The molecule has 0 atom stereocenters. The molecule has 0 aliphatic carbocycles. The van der Waals surface area contributed by atoms with Crippen LogP contribution >= 0.6 is 23.4 Å². The maximum Gasteiger partial charge on any atom is 0.106 e. The highest BCUT2D eigenvalue weighted by molar-refractivity contribution is 8.01. The van der Waals surface area contributed by atoms with E-state index in [2.05, 4.69) is 19.9 Å². The van der Waals surface area contributed by atoms with E-state index in [0.29, 0.717) is 0 Å². The molecule has 0 saturated heterocycles. The van der Waals surface area contributed by atoms with Gasteiger partial charge >= 0.3 is 0 Å². The van der Waals surface area contributed by atoms with Crippen LogP contribution in [0, 0.1) is 11.3 Å². The smallest absolute Gasteiger partial charge is 0.106 e. The van der Waals surface area contributed by atoms with Gasteiger partial charge in [0.05, 0.1) is 6.07 Å². The van der Waals surface area contributed by atoms with Gasteiger partial charge in [-0.3, -0.25) is 0 Å². The molecular weight excluding hydrogens is 226 g/mol. The van der Waals surface area contributed by atoms with Crippen LogP contribution in [0.25, 0.3) is 0 Å². The van der Waals surface area contributed by atoms with Crippen molar-refractivity contribution in [3.63, 3.8) is 0 Å². The van der Waals surface area contributed by atoms with Gasteiger partial charge in [0, 0.05) is 9.92 Å². The lowest BCUT2D eigenvalue weighted by atomic mass is 10.1. The summed E-state index contributed by atoms with van der Waals surface area (Å²) in [6, 6.07) is 10.1. The Labute approximate surface area is 100 Å². The van der Waals surface area contributed by atoms with Crippen LogP contribution in [0.5, 0.6) is 0 Å². The first kappa shape index (κ1) is 12.4. The van der Waals surface area contributed by atoms with Gasteiger partial charge in [-0.05, 0) is 37.1 Å². The third kappa shape index (κ3) is 3.15.